The van der Waals surface area contributed by atoms with Crippen LogP contribution in [0, 0.1) is 32.7 Å². The Morgan fingerprint density at radius 3 is 2.34 bits per heavy atom. The van der Waals surface area contributed by atoms with Crippen molar-refractivity contribution in [2.24, 2.45) is 0 Å². The van der Waals surface area contributed by atoms with Crippen molar-refractivity contribution >= 4 is 71.5 Å². The number of para-hydroxylation sites is 4. The number of fused-ring (bicyclic) bond motifs is 13. The van der Waals surface area contributed by atoms with Crippen LogP contribution in [0.25, 0.3) is 82.7 Å². The van der Waals surface area contributed by atoms with Gasteiger partial charge < -0.3 is 18.2 Å². The van der Waals surface area contributed by atoms with Crippen molar-refractivity contribution in [2.45, 2.75) is 20.6 Å². The van der Waals surface area contributed by atoms with Crippen LogP contribution in [0.2, 0.25) is 0 Å². The predicted octanol–water partition coefficient (Wildman–Crippen LogP) is 10.7. The second-order valence-corrected chi connectivity index (χ2v) is 11.0. The fraction of sp³-hybridized carbons (Fsp3) is 0.0732. The van der Waals surface area contributed by atoms with E-state index in [0.717, 1.165) is 77.7 Å². The Bertz CT molecular complexity index is 3120. The van der Waals surface area contributed by atoms with E-state index < -0.39 is 20.6 Å². The summed E-state index contributed by atoms with van der Waals surface area (Å²) in [6, 6.07) is 38.2. The Balaban J connectivity index is 0.000000161. The molecule has 0 amide bonds. The molecule has 5 nitrogen and oxygen atoms in total. The van der Waals surface area contributed by atoms with Gasteiger partial charge in [0.05, 0.1) is 27.8 Å². The molecule has 0 aliphatic heterocycles. The molecule has 0 unspecified atom stereocenters. The molecule has 0 N–H and O–H groups in total. The number of aromatic nitrogens is 3. The molecule has 0 aliphatic rings. The minimum Gasteiger partial charge on any atom is -0.477 e. The number of pyridine rings is 2. The van der Waals surface area contributed by atoms with Crippen molar-refractivity contribution < 1.29 is 41.3 Å². The first-order valence-corrected chi connectivity index (χ1v) is 14.6. The molecule has 0 saturated carbocycles. The van der Waals surface area contributed by atoms with Gasteiger partial charge in [0, 0.05) is 44.0 Å². The van der Waals surface area contributed by atoms with Crippen LogP contribution in [-0.2, 0) is 20.1 Å². The number of furan rings is 2. The van der Waals surface area contributed by atoms with Crippen LogP contribution in [-0.4, -0.2) is 14.4 Å². The Morgan fingerprint density at radius 2 is 1.53 bits per heavy atom. The summed E-state index contributed by atoms with van der Waals surface area (Å²) < 4.78 is 81.7. The second-order valence-electron chi connectivity index (χ2n) is 11.0. The maximum Gasteiger partial charge on any atom is 0.135 e. The molecule has 10 aromatic rings. The van der Waals surface area contributed by atoms with Gasteiger partial charge >= 0.3 is 0 Å². The van der Waals surface area contributed by atoms with Crippen molar-refractivity contribution in [3.8, 4) is 11.3 Å². The Labute approximate surface area is 296 Å². The zero-order valence-electron chi connectivity index (χ0n) is 33.4. The van der Waals surface area contributed by atoms with Crippen molar-refractivity contribution in [2.75, 3.05) is 0 Å². The number of aryl methyl sites for hydroxylation is 3. The van der Waals surface area contributed by atoms with Crippen molar-refractivity contribution in [3.05, 3.63) is 138 Å². The molecule has 5 aromatic carbocycles. The summed E-state index contributed by atoms with van der Waals surface area (Å²) in [6.45, 7) is -7.47. The first-order valence-electron chi connectivity index (χ1n) is 19.1. The molecular weight excluding hydrogens is 759 g/mol. The largest absolute Gasteiger partial charge is 0.477 e. The number of hydrogen-bond acceptors (Lipinski definition) is 4. The monoisotopic (exact) mass is 795 g/mol. The van der Waals surface area contributed by atoms with Crippen LogP contribution >= 0.6 is 0 Å². The minimum atomic E-state index is -2.61. The van der Waals surface area contributed by atoms with E-state index in [9.17, 15) is 0 Å². The maximum absolute atomic E-state index is 7.54. The molecule has 5 aromatic heterocycles. The molecule has 5 heterocycles. The predicted molar refractivity (Wildman–Crippen MR) is 186 cm³/mol. The average Bonchev–Trinajstić information content (AvgIpc) is 3.84. The molecule has 10 rings (SSSR count). The van der Waals surface area contributed by atoms with Crippen LogP contribution < -0.4 is 0 Å². The van der Waals surface area contributed by atoms with Gasteiger partial charge in [-0.2, -0.15) is 0 Å². The van der Waals surface area contributed by atoms with Gasteiger partial charge in [-0.1, -0.05) is 83.2 Å². The second kappa shape index (κ2) is 11.2. The first kappa shape index (κ1) is 20.8. The van der Waals surface area contributed by atoms with Crippen LogP contribution in [0.4, 0.5) is 0 Å². The Hall–Kier alpha value is -5.29. The molecule has 0 bridgehead atoms. The fourth-order valence-corrected chi connectivity index (χ4v) is 6.10. The minimum absolute atomic E-state index is 0. The van der Waals surface area contributed by atoms with E-state index in [1.54, 1.807) is 0 Å². The number of rotatable bonds is 1. The molecule has 6 heteroatoms. The van der Waals surface area contributed by atoms with E-state index >= 15 is 0 Å². The van der Waals surface area contributed by atoms with E-state index in [1.165, 1.54) is 24.3 Å². The third kappa shape index (κ3) is 4.64. The number of hydrogen-bond donors (Lipinski definition) is 0. The zero-order valence-corrected chi connectivity index (χ0v) is 26.8. The summed E-state index contributed by atoms with van der Waals surface area (Å²) in [7, 11) is 0. The summed E-state index contributed by atoms with van der Waals surface area (Å²) in [5.41, 5.74) is 7.24. The van der Waals surface area contributed by atoms with Gasteiger partial charge in [-0.15, -0.1) is 41.5 Å². The molecule has 229 valence electrons. The van der Waals surface area contributed by atoms with Gasteiger partial charge in [0.1, 0.15) is 16.7 Å². The van der Waals surface area contributed by atoms with Crippen molar-refractivity contribution in [1.82, 2.24) is 14.4 Å². The molecular formula is C41H27IrN3O2-2. The van der Waals surface area contributed by atoms with Gasteiger partial charge in [-0.3, -0.25) is 4.98 Å². The summed E-state index contributed by atoms with van der Waals surface area (Å²) in [5, 5.41) is 5.07. The smallest absolute Gasteiger partial charge is 0.135 e. The molecule has 47 heavy (non-hydrogen) atoms. The number of nitrogens with zero attached hydrogens (tertiary/aromatic N) is 3. The van der Waals surface area contributed by atoms with Gasteiger partial charge in [-0.25, -0.2) is 0 Å². The molecule has 0 saturated heterocycles. The molecule has 1 radical (unpaired) electrons. The first-order chi connectivity index (χ1) is 26.2. The van der Waals surface area contributed by atoms with Crippen molar-refractivity contribution in [1.29, 1.82) is 0 Å². The summed E-state index contributed by atoms with van der Waals surface area (Å²) >= 11 is 0. The van der Waals surface area contributed by atoms with Gasteiger partial charge in [0.15, 0.2) is 0 Å². The van der Waals surface area contributed by atoms with Crippen LogP contribution in [0.1, 0.15) is 29.0 Å². The number of imidazole rings is 1. The standard InChI is InChI=1S/C27H13N2O2.C14H14N.Ir/c1-5-11-22-15(7-1)17-13-18-19(14-24(17)30-22)27-28-20-9-3-4-10-21(20)29(27)25-16-8-2-6-12-23(16)31-26(18)25;1-10-4-6-13(7-5-10)14-8-11(2)12(3)9-15-14;/h1-13H;4-6,8-9H,1-3H3;/q2*-1;/i;1D3,2D3,3D3;. The number of benzene rings is 5. The Morgan fingerprint density at radius 1 is 0.745 bits per heavy atom. The zero-order chi connectivity index (χ0) is 38.4. The van der Waals surface area contributed by atoms with Gasteiger partial charge in [0.2, 0.25) is 0 Å². The molecule has 0 fully saturated rings. The maximum atomic E-state index is 7.54. The fourth-order valence-electron chi connectivity index (χ4n) is 6.10. The van der Waals surface area contributed by atoms with E-state index in [0.29, 0.717) is 5.56 Å². The third-order valence-electron chi connectivity index (χ3n) is 8.24. The van der Waals surface area contributed by atoms with Gasteiger partial charge in [0.25, 0.3) is 0 Å². The molecule has 0 aliphatic carbocycles. The normalized spacial score (nSPS) is 15.2. The quantitative estimate of drug-likeness (QED) is 0.155. The SMILES string of the molecule is [2H]C([2H])([2H])c1c[c-]c(-c2cc(C([2H])([2H])[2H])c(C([2H])([2H])[2H])cn2)cc1.[Ir].[c-]1c2oc3ccccc3c2cc2c1c1nc3ccccc3n1c1c3ccccc3oc21. The average molecular weight is 795 g/mol. The van der Waals surface area contributed by atoms with E-state index in [1.807, 2.05) is 54.6 Å². The summed E-state index contributed by atoms with van der Waals surface area (Å²) in [5.74, 6) is 0. The third-order valence-corrected chi connectivity index (χ3v) is 8.24. The Kier molecular flexibility index (Phi) is 4.95. The summed E-state index contributed by atoms with van der Waals surface area (Å²) in [4.78, 5) is 8.99. The molecule has 0 atom stereocenters. The molecule has 0 spiro atoms. The van der Waals surface area contributed by atoms with Crippen LogP contribution in [0.3, 0.4) is 0 Å². The summed E-state index contributed by atoms with van der Waals surface area (Å²) in [6.07, 6.45) is 1.02. The topological polar surface area (TPSA) is 56.5 Å². The van der Waals surface area contributed by atoms with E-state index in [-0.39, 0.29) is 42.5 Å². The van der Waals surface area contributed by atoms with Gasteiger partial charge in [-0.05, 0) is 60.7 Å². The van der Waals surface area contributed by atoms with E-state index in [2.05, 4.69) is 45.8 Å². The van der Waals surface area contributed by atoms with Crippen LogP contribution in [0.5, 0.6) is 0 Å². The van der Waals surface area contributed by atoms with Crippen molar-refractivity contribution in [3.63, 3.8) is 0 Å². The van der Waals surface area contributed by atoms with E-state index in [4.69, 9.17) is 26.2 Å². The van der Waals surface area contributed by atoms with Crippen LogP contribution in [0.15, 0.2) is 118 Å².